The van der Waals surface area contributed by atoms with Crippen LogP contribution in [0.2, 0.25) is 0 Å². The van der Waals surface area contributed by atoms with Crippen molar-refractivity contribution in [1.82, 2.24) is 5.32 Å². The smallest absolute Gasteiger partial charge is 0.320 e. The quantitative estimate of drug-likeness (QED) is 0.796. The summed E-state index contributed by atoms with van der Waals surface area (Å²) in [5.41, 5.74) is 3.45. The van der Waals surface area contributed by atoms with Gasteiger partial charge in [-0.15, -0.1) is 0 Å². The zero-order valence-electron chi connectivity index (χ0n) is 11.0. The van der Waals surface area contributed by atoms with Crippen LogP contribution in [0.4, 0.5) is 0 Å². The van der Waals surface area contributed by atoms with E-state index in [0.29, 0.717) is 12.6 Å². The van der Waals surface area contributed by atoms with Crippen molar-refractivity contribution in [3.05, 3.63) is 34.9 Å². The summed E-state index contributed by atoms with van der Waals surface area (Å²) in [5.74, 6) is -0.210. The number of esters is 1. The molecule has 0 fully saturated rings. The van der Waals surface area contributed by atoms with E-state index in [1.807, 2.05) is 32.9 Å². The number of hydrogen-bond donors (Lipinski definition) is 1. The Labute approximate surface area is 103 Å². The maximum atomic E-state index is 11.4. The summed E-state index contributed by atoms with van der Waals surface area (Å²) >= 11 is 0. The maximum Gasteiger partial charge on any atom is 0.320 e. The lowest BCUT2D eigenvalue weighted by molar-refractivity contribution is -0.143. The molecule has 1 aromatic rings. The van der Waals surface area contributed by atoms with Crippen LogP contribution in [0.25, 0.3) is 0 Å². The number of aryl methyl sites for hydroxylation is 2. The largest absolute Gasteiger partial charge is 0.460 e. The zero-order valence-corrected chi connectivity index (χ0v) is 11.0. The Morgan fingerprint density at radius 1 is 1.35 bits per heavy atom. The highest BCUT2D eigenvalue weighted by Crippen LogP contribution is 2.11. The molecule has 0 saturated heterocycles. The molecule has 0 unspecified atom stereocenters. The first-order valence-electron chi connectivity index (χ1n) is 5.94. The zero-order chi connectivity index (χ0) is 12.8. The van der Waals surface area contributed by atoms with Crippen molar-refractivity contribution in [2.75, 3.05) is 6.54 Å². The number of hydrogen-bond acceptors (Lipinski definition) is 3. The van der Waals surface area contributed by atoms with E-state index in [1.165, 1.54) is 5.56 Å². The normalized spacial score (nSPS) is 10.6. The lowest BCUT2D eigenvalue weighted by Crippen LogP contribution is -2.30. The molecule has 1 N–H and O–H groups in total. The Morgan fingerprint density at radius 3 is 2.65 bits per heavy atom. The fraction of sp³-hybridized carbons (Fsp3) is 0.500. The summed E-state index contributed by atoms with van der Waals surface area (Å²) in [6.45, 7) is 8.69. The summed E-state index contributed by atoms with van der Waals surface area (Å²) < 4.78 is 5.20. The second-order valence-electron chi connectivity index (χ2n) is 4.63. The molecule has 0 atom stereocenters. The molecular weight excluding hydrogens is 214 g/mol. The fourth-order valence-electron chi connectivity index (χ4n) is 1.50. The molecule has 0 aliphatic rings. The Balaban J connectivity index is 2.42. The third kappa shape index (κ3) is 5.00. The number of rotatable bonds is 5. The minimum absolute atomic E-state index is 0.210. The van der Waals surface area contributed by atoms with E-state index in [4.69, 9.17) is 4.74 Å². The van der Waals surface area contributed by atoms with Crippen molar-refractivity contribution in [1.29, 1.82) is 0 Å². The number of benzene rings is 1. The standard InChI is InChI=1S/C14H21NO2/c1-10(2)15-8-14(16)17-9-13-6-5-11(3)7-12(13)4/h5-7,10,15H,8-9H2,1-4H3. The minimum atomic E-state index is -0.210. The second kappa shape index (κ2) is 6.40. The minimum Gasteiger partial charge on any atom is -0.460 e. The average Bonchev–Trinajstić information content (AvgIpc) is 2.25. The SMILES string of the molecule is Cc1ccc(COC(=O)CNC(C)C)c(C)c1. The highest BCUT2D eigenvalue weighted by Gasteiger charge is 2.05. The molecule has 3 heteroatoms. The van der Waals surface area contributed by atoms with Crippen LogP contribution in [-0.2, 0) is 16.1 Å². The molecule has 1 aromatic carbocycles. The van der Waals surface area contributed by atoms with Crippen LogP contribution in [0.15, 0.2) is 18.2 Å². The van der Waals surface area contributed by atoms with Crippen molar-refractivity contribution < 1.29 is 9.53 Å². The molecule has 0 radical (unpaired) electrons. The summed E-state index contributed by atoms with van der Waals surface area (Å²) in [5, 5.41) is 3.03. The van der Waals surface area contributed by atoms with Crippen LogP contribution >= 0.6 is 0 Å². The molecule has 0 aromatic heterocycles. The van der Waals surface area contributed by atoms with E-state index in [2.05, 4.69) is 18.3 Å². The lowest BCUT2D eigenvalue weighted by atomic mass is 10.1. The van der Waals surface area contributed by atoms with Crippen LogP contribution in [0.1, 0.15) is 30.5 Å². The average molecular weight is 235 g/mol. The van der Waals surface area contributed by atoms with Gasteiger partial charge in [-0.1, -0.05) is 37.6 Å². The van der Waals surface area contributed by atoms with Crippen molar-refractivity contribution >= 4 is 5.97 Å². The van der Waals surface area contributed by atoms with Crippen LogP contribution in [0.5, 0.6) is 0 Å². The van der Waals surface area contributed by atoms with Crippen LogP contribution in [-0.4, -0.2) is 18.6 Å². The van der Waals surface area contributed by atoms with E-state index in [1.54, 1.807) is 0 Å². The summed E-state index contributed by atoms with van der Waals surface area (Å²) in [6.07, 6.45) is 0. The third-order valence-corrected chi connectivity index (χ3v) is 2.54. The van der Waals surface area contributed by atoms with Crippen LogP contribution in [0, 0.1) is 13.8 Å². The van der Waals surface area contributed by atoms with E-state index in [9.17, 15) is 4.79 Å². The molecule has 1 rings (SSSR count). The highest BCUT2D eigenvalue weighted by atomic mass is 16.5. The van der Waals surface area contributed by atoms with E-state index >= 15 is 0 Å². The molecule has 0 bridgehead atoms. The van der Waals surface area contributed by atoms with Crippen molar-refractivity contribution in [2.45, 2.75) is 40.3 Å². The summed E-state index contributed by atoms with van der Waals surface area (Å²) in [7, 11) is 0. The lowest BCUT2D eigenvalue weighted by Gasteiger charge is -2.10. The Morgan fingerprint density at radius 2 is 2.06 bits per heavy atom. The molecule has 0 saturated carbocycles. The molecular formula is C14H21NO2. The number of carbonyl (C=O) groups excluding carboxylic acids is 1. The Hall–Kier alpha value is -1.35. The van der Waals surface area contributed by atoms with Gasteiger partial charge in [-0.3, -0.25) is 4.79 Å². The fourth-order valence-corrected chi connectivity index (χ4v) is 1.50. The van der Waals surface area contributed by atoms with Gasteiger partial charge < -0.3 is 10.1 Å². The van der Waals surface area contributed by atoms with Crippen molar-refractivity contribution in [3.8, 4) is 0 Å². The third-order valence-electron chi connectivity index (χ3n) is 2.54. The van der Waals surface area contributed by atoms with Gasteiger partial charge in [0.2, 0.25) is 0 Å². The molecule has 0 spiro atoms. The van der Waals surface area contributed by atoms with Gasteiger partial charge >= 0.3 is 5.97 Å². The molecule has 0 heterocycles. The molecule has 0 amide bonds. The number of carbonyl (C=O) groups is 1. The second-order valence-corrected chi connectivity index (χ2v) is 4.63. The summed E-state index contributed by atoms with van der Waals surface area (Å²) in [6, 6.07) is 6.43. The van der Waals surface area contributed by atoms with Gasteiger partial charge in [-0.25, -0.2) is 0 Å². The Kier molecular flexibility index (Phi) is 5.16. The number of nitrogens with one attached hydrogen (secondary N) is 1. The molecule has 0 aliphatic heterocycles. The first kappa shape index (κ1) is 13.7. The first-order valence-corrected chi connectivity index (χ1v) is 5.94. The van der Waals surface area contributed by atoms with Crippen LogP contribution < -0.4 is 5.32 Å². The Bertz CT molecular complexity index is 386. The monoisotopic (exact) mass is 235 g/mol. The highest BCUT2D eigenvalue weighted by molar-refractivity contribution is 5.71. The van der Waals surface area contributed by atoms with Crippen LogP contribution in [0.3, 0.4) is 0 Å². The topological polar surface area (TPSA) is 38.3 Å². The van der Waals surface area contributed by atoms with Gasteiger partial charge in [0.25, 0.3) is 0 Å². The predicted octanol–water partition coefficient (Wildman–Crippen LogP) is 2.34. The molecule has 94 valence electrons. The summed E-state index contributed by atoms with van der Waals surface area (Å²) in [4.78, 5) is 11.4. The van der Waals surface area contributed by atoms with Gasteiger partial charge in [-0.2, -0.15) is 0 Å². The van der Waals surface area contributed by atoms with E-state index < -0.39 is 0 Å². The molecule has 3 nitrogen and oxygen atoms in total. The first-order chi connectivity index (χ1) is 7.99. The van der Waals surface area contributed by atoms with Gasteiger partial charge in [0.1, 0.15) is 6.61 Å². The van der Waals surface area contributed by atoms with E-state index in [-0.39, 0.29) is 12.5 Å². The maximum absolute atomic E-state index is 11.4. The van der Waals surface area contributed by atoms with E-state index in [0.717, 1.165) is 11.1 Å². The number of ether oxygens (including phenoxy) is 1. The van der Waals surface area contributed by atoms with Gasteiger partial charge in [0, 0.05) is 6.04 Å². The molecule has 17 heavy (non-hydrogen) atoms. The van der Waals surface area contributed by atoms with Gasteiger partial charge in [0.15, 0.2) is 0 Å². The molecule has 0 aliphatic carbocycles. The van der Waals surface area contributed by atoms with Gasteiger partial charge in [-0.05, 0) is 25.0 Å². The van der Waals surface area contributed by atoms with Gasteiger partial charge in [0.05, 0.1) is 6.54 Å². The van der Waals surface area contributed by atoms with Crippen molar-refractivity contribution in [2.24, 2.45) is 0 Å². The van der Waals surface area contributed by atoms with Crippen molar-refractivity contribution in [3.63, 3.8) is 0 Å². The predicted molar refractivity (Wildman–Crippen MR) is 68.9 cm³/mol.